The van der Waals surface area contributed by atoms with E-state index in [1.54, 1.807) is 13.0 Å². The average molecular weight is 433 g/mol. The zero-order valence-corrected chi connectivity index (χ0v) is 18.4. The van der Waals surface area contributed by atoms with Crippen LogP contribution in [0.3, 0.4) is 0 Å². The lowest BCUT2D eigenvalue weighted by Crippen LogP contribution is -2.66. The van der Waals surface area contributed by atoms with Gasteiger partial charge in [-0.3, -0.25) is 14.4 Å². The van der Waals surface area contributed by atoms with Gasteiger partial charge in [-0.15, -0.1) is 0 Å². The number of carboxylic acids is 2. The third-order valence-electron chi connectivity index (χ3n) is 10.2. The van der Waals surface area contributed by atoms with Gasteiger partial charge in [-0.05, 0) is 57.4 Å². The molecule has 0 radical (unpaired) electrons. The van der Waals surface area contributed by atoms with E-state index in [9.17, 15) is 29.7 Å². The number of hydrogen-bond donors (Lipinski definition) is 3. The number of hydrogen-bond acceptors (Lipinski definition) is 5. The molecule has 3 saturated carbocycles. The number of epoxide rings is 1. The fraction of sp³-hybridized carbons (Fsp3) is 0.792. The van der Waals surface area contributed by atoms with E-state index in [2.05, 4.69) is 6.92 Å². The van der Waals surface area contributed by atoms with Crippen LogP contribution in [0.4, 0.5) is 0 Å². The zero-order valence-electron chi connectivity index (χ0n) is 18.4. The van der Waals surface area contributed by atoms with Gasteiger partial charge in [0.15, 0.2) is 5.78 Å². The first-order valence-corrected chi connectivity index (χ1v) is 11.4. The summed E-state index contributed by atoms with van der Waals surface area (Å²) in [5.74, 6) is -2.15. The third-order valence-corrected chi connectivity index (χ3v) is 10.2. The quantitative estimate of drug-likeness (QED) is 0.583. The van der Waals surface area contributed by atoms with Crippen LogP contribution < -0.4 is 0 Å². The second-order valence-electron chi connectivity index (χ2n) is 11.4. The highest BCUT2D eigenvalue weighted by Gasteiger charge is 2.84. The molecule has 0 aromatic rings. The minimum absolute atomic E-state index is 0.0526. The van der Waals surface area contributed by atoms with Crippen molar-refractivity contribution in [2.75, 3.05) is 0 Å². The van der Waals surface area contributed by atoms with Gasteiger partial charge in [-0.2, -0.15) is 0 Å². The van der Waals surface area contributed by atoms with E-state index in [4.69, 9.17) is 4.74 Å². The highest BCUT2D eigenvalue weighted by Crippen LogP contribution is 2.79. The number of ketones is 1. The predicted molar refractivity (Wildman–Crippen MR) is 109 cm³/mol. The molecule has 4 aliphatic carbocycles. The lowest BCUT2D eigenvalue weighted by molar-refractivity contribution is -0.176. The SMILES string of the molecule is C[C@@]1(C(=O)O)CC2=CC(=O)CC[C@]2(C)[C@@]23O[C@H]2C[C@@]2(C)[C@@H](CC[C@@]2(O)CCC(=O)O)[C@H]31. The van der Waals surface area contributed by atoms with Crippen LogP contribution >= 0.6 is 0 Å². The van der Waals surface area contributed by atoms with Gasteiger partial charge in [0.05, 0.1) is 17.1 Å². The Morgan fingerprint density at radius 3 is 2.55 bits per heavy atom. The Bertz CT molecular complexity index is 925. The zero-order chi connectivity index (χ0) is 22.6. The average Bonchev–Trinajstić information content (AvgIpc) is 3.34. The Hall–Kier alpha value is -1.73. The maximum Gasteiger partial charge on any atom is 0.310 e. The first kappa shape index (κ1) is 21.1. The molecular formula is C24H32O7. The maximum absolute atomic E-state index is 12.7. The van der Waals surface area contributed by atoms with E-state index >= 15 is 0 Å². The summed E-state index contributed by atoms with van der Waals surface area (Å²) in [6.07, 6.45) is 4.69. The van der Waals surface area contributed by atoms with Gasteiger partial charge in [0.1, 0.15) is 5.60 Å². The van der Waals surface area contributed by atoms with Crippen molar-refractivity contribution in [3.63, 3.8) is 0 Å². The molecule has 1 heterocycles. The number of carbonyl (C=O) groups excluding carboxylic acids is 1. The van der Waals surface area contributed by atoms with E-state index in [1.165, 1.54) is 0 Å². The van der Waals surface area contributed by atoms with Crippen LogP contribution in [0.15, 0.2) is 11.6 Å². The number of carbonyl (C=O) groups is 3. The highest BCUT2D eigenvalue weighted by molar-refractivity contribution is 5.92. The number of carboxylic acid groups (broad SMARTS) is 2. The molecule has 1 aliphatic heterocycles. The fourth-order valence-electron chi connectivity index (χ4n) is 8.41. The summed E-state index contributed by atoms with van der Waals surface area (Å²) in [6, 6.07) is 0. The van der Waals surface area contributed by atoms with Crippen molar-refractivity contribution < 1.29 is 34.4 Å². The number of aliphatic carboxylic acids is 2. The molecule has 170 valence electrons. The summed E-state index contributed by atoms with van der Waals surface area (Å²) >= 11 is 0. The fourth-order valence-corrected chi connectivity index (χ4v) is 8.41. The van der Waals surface area contributed by atoms with Crippen molar-refractivity contribution in [2.24, 2.45) is 28.1 Å². The van der Waals surface area contributed by atoms with Crippen LogP contribution in [0.1, 0.15) is 72.1 Å². The summed E-state index contributed by atoms with van der Waals surface area (Å²) in [5.41, 5.74) is -2.97. The first-order valence-electron chi connectivity index (χ1n) is 11.4. The molecule has 7 heteroatoms. The van der Waals surface area contributed by atoms with Crippen LogP contribution in [0.5, 0.6) is 0 Å². The summed E-state index contributed by atoms with van der Waals surface area (Å²) < 4.78 is 6.50. The minimum atomic E-state index is -1.15. The van der Waals surface area contributed by atoms with Crippen LogP contribution in [-0.2, 0) is 19.1 Å². The second kappa shape index (κ2) is 5.98. The van der Waals surface area contributed by atoms with Gasteiger partial charge < -0.3 is 20.1 Å². The molecule has 0 unspecified atom stereocenters. The van der Waals surface area contributed by atoms with E-state index in [0.29, 0.717) is 38.5 Å². The Morgan fingerprint density at radius 2 is 1.90 bits per heavy atom. The van der Waals surface area contributed by atoms with Crippen LogP contribution in [0, 0.1) is 28.1 Å². The molecule has 0 amide bonds. The number of rotatable bonds is 4. The molecule has 0 bridgehead atoms. The van der Waals surface area contributed by atoms with E-state index in [-0.39, 0.29) is 42.0 Å². The Balaban J connectivity index is 1.63. The molecule has 4 fully saturated rings. The maximum atomic E-state index is 12.7. The van der Waals surface area contributed by atoms with E-state index in [1.807, 2.05) is 6.92 Å². The van der Waals surface area contributed by atoms with Crippen molar-refractivity contribution in [3.8, 4) is 0 Å². The molecule has 7 nitrogen and oxygen atoms in total. The lowest BCUT2D eigenvalue weighted by atomic mass is 9.40. The van der Waals surface area contributed by atoms with Crippen molar-refractivity contribution in [1.29, 1.82) is 0 Å². The van der Waals surface area contributed by atoms with Gasteiger partial charge in [0.25, 0.3) is 0 Å². The van der Waals surface area contributed by atoms with E-state index in [0.717, 1.165) is 5.57 Å². The highest BCUT2D eigenvalue weighted by atomic mass is 16.6. The van der Waals surface area contributed by atoms with Crippen LogP contribution in [0.2, 0.25) is 0 Å². The molecule has 0 aromatic heterocycles. The van der Waals surface area contributed by atoms with Crippen molar-refractivity contribution in [3.05, 3.63) is 11.6 Å². The smallest absolute Gasteiger partial charge is 0.310 e. The number of aliphatic hydroxyl groups is 1. The number of ether oxygens (including phenoxy) is 1. The summed E-state index contributed by atoms with van der Waals surface area (Å²) in [5, 5.41) is 31.3. The number of fused-ring (bicyclic) bond motifs is 3. The molecular weight excluding hydrogens is 400 g/mol. The topological polar surface area (TPSA) is 124 Å². The molecule has 31 heavy (non-hydrogen) atoms. The lowest BCUT2D eigenvalue weighted by Gasteiger charge is -2.61. The van der Waals surface area contributed by atoms with Crippen molar-refractivity contribution in [2.45, 2.75) is 89.4 Å². The molecule has 1 spiro atoms. The van der Waals surface area contributed by atoms with E-state index < -0.39 is 34.0 Å². The minimum Gasteiger partial charge on any atom is -0.481 e. The summed E-state index contributed by atoms with van der Waals surface area (Å²) in [7, 11) is 0. The molecule has 5 aliphatic rings. The van der Waals surface area contributed by atoms with Gasteiger partial charge in [0.2, 0.25) is 0 Å². The summed E-state index contributed by atoms with van der Waals surface area (Å²) in [4.78, 5) is 36.2. The second-order valence-corrected chi connectivity index (χ2v) is 11.4. The Labute approximate surface area is 181 Å². The first-order chi connectivity index (χ1) is 14.3. The molecule has 8 atom stereocenters. The Morgan fingerprint density at radius 1 is 1.19 bits per heavy atom. The van der Waals surface area contributed by atoms with Crippen molar-refractivity contribution >= 4 is 17.7 Å². The third kappa shape index (κ3) is 2.34. The van der Waals surface area contributed by atoms with Crippen LogP contribution in [0.25, 0.3) is 0 Å². The molecule has 0 aromatic carbocycles. The molecule has 5 rings (SSSR count). The standard InChI is InChI=1S/C24H32O7/c1-20(19(28)29)11-13-10-14(25)4-7-21(13,2)24-16(31-24)12-22(3)15(18(20)24)5-8-23(22,30)9-6-17(26)27/h10,15-16,18,30H,4-9,11-12H2,1-3H3,(H,26,27)(H,28,29)/t15-,16-,18-,20+,21-,22-,23+,24+/m0/s1. The predicted octanol–water partition coefficient (Wildman–Crippen LogP) is 2.95. The van der Waals surface area contributed by atoms with Gasteiger partial charge in [-0.1, -0.05) is 19.4 Å². The van der Waals surface area contributed by atoms with Gasteiger partial charge >= 0.3 is 11.9 Å². The molecule has 3 N–H and O–H groups in total. The van der Waals surface area contributed by atoms with Gasteiger partial charge in [-0.25, -0.2) is 0 Å². The summed E-state index contributed by atoms with van der Waals surface area (Å²) in [6.45, 7) is 5.92. The van der Waals surface area contributed by atoms with Crippen molar-refractivity contribution in [1.82, 2.24) is 0 Å². The van der Waals surface area contributed by atoms with Gasteiger partial charge in [0, 0.05) is 29.6 Å². The normalized spacial score (nSPS) is 52.3. The van der Waals surface area contributed by atoms with Crippen LogP contribution in [-0.4, -0.2) is 50.3 Å². The Kier molecular flexibility index (Phi) is 4.08. The molecule has 1 saturated heterocycles. The largest absolute Gasteiger partial charge is 0.481 e. The monoisotopic (exact) mass is 432 g/mol.